The van der Waals surface area contributed by atoms with E-state index in [4.69, 9.17) is 0 Å². The Labute approximate surface area is 61.5 Å². The summed E-state index contributed by atoms with van der Waals surface area (Å²) in [4.78, 5) is 10.3. The van der Waals surface area contributed by atoms with Crippen LogP contribution in [0.2, 0.25) is 0 Å². The number of aldehydes is 1. The maximum Gasteiger partial charge on any atom is 0.150 e. The first-order valence-corrected chi connectivity index (χ1v) is 3.41. The lowest BCUT2D eigenvalue weighted by Crippen LogP contribution is -1.85. The van der Waals surface area contributed by atoms with Gasteiger partial charge in [-0.2, -0.15) is 0 Å². The average molecular weight is 132 g/mol. The minimum absolute atomic E-state index is 0.763. The van der Waals surface area contributed by atoms with Crippen molar-refractivity contribution in [1.29, 1.82) is 0 Å². The van der Waals surface area contributed by atoms with Gasteiger partial charge in [-0.3, -0.25) is 4.79 Å². The number of rotatable bonds is 2. The summed E-state index contributed by atoms with van der Waals surface area (Å²) in [6.07, 6.45) is 1.86. The zero-order valence-corrected chi connectivity index (χ0v) is 6.00. The fourth-order valence-electron chi connectivity index (χ4n) is 0.886. The molecular weight excluding hydrogens is 123 g/mol. The molecule has 0 aliphatic carbocycles. The SMILES string of the molecule is BCc1cccc(C=O)c1. The Morgan fingerprint density at radius 2 is 2.30 bits per heavy atom. The first-order valence-electron chi connectivity index (χ1n) is 3.41. The van der Waals surface area contributed by atoms with Crippen molar-refractivity contribution in [2.24, 2.45) is 0 Å². The van der Waals surface area contributed by atoms with E-state index in [1.54, 1.807) is 0 Å². The van der Waals surface area contributed by atoms with Crippen molar-refractivity contribution in [3.8, 4) is 0 Å². The second-order valence-electron chi connectivity index (χ2n) is 2.22. The van der Waals surface area contributed by atoms with E-state index in [2.05, 4.69) is 7.85 Å². The molecule has 0 bridgehead atoms. The Balaban J connectivity index is 2.98. The van der Waals surface area contributed by atoms with Crippen molar-refractivity contribution < 1.29 is 4.79 Å². The molecule has 1 aromatic rings. The fourth-order valence-corrected chi connectivity index (χ4v) is 0.886. The molecule has 0 aliphatic heterocycles. The monoisotopic (exact) mass is 132 g/mol. The smallest absolute Gasteiger partial charge is 0.150 e. The molecule has 10 heavy (non-hydrogen) atoms. The molecule has 0 saturated carbocycles. The van der Waals surface area contributed by atoms with E-state index in [0.717, 1.165) is 18.2 Å². The highest BCUT2D eigenvalue weighted by Gasteiger charge is 1.89. The zero-order valence-electron chi connectivity index (χ0n) is 6.00. The fraction of sp³-hybridized carbons (Fsp3) is 0.125. The molecule has 0 unspecified atom stereocenters. The molecule has 0 N–H and O–H groups in total. The minimum atomic E-state index is 0.763. The van der Waals surface area contributed by atoms with Gasteiger partial charge in [-0.1, -0.05) is 30.1 Å². The molecule has 0 atom stereocenters. The maximum absolute atomic E-state index is 10.3. The van der Waals surface area contributed by atoms with E-state index >= 15 is 0 Å². The summed E-state index contributed by atoms with van der Waals surface area (Å²) in [6.45, 7) is 0. The number of carbonyl (C=O) groups excluding carboxylic acids is 1. The van der Waals surface area contributed by atoms with Crippen molar-refractivity contribution in [1.82, 2.24) is 0 Å². The van der Waals surface area contributed by atoms with Crippen LogP contribution in [-0.4, -0.2) is 14.1 Å². The molecule has 1 nitrogen and oxygen atoms in total. The second-order valence-corrected chi connectivity index (χ2v) is 2.22. The molecule has 0 radical (unpaired) electrons. The summed E-state index contributed by atoms with van der Waals surface area (Å²) in [5.74, 6) is 0. The van der Waals surface area contributed by atoms with Gasteiger partial charge in [-0.15, -0.1) is 0 Å². The molecule has 0 aromatic heterocycles. The van der Waals surface area contributed by atoms with Gasteiger partial charge < -0.3 is 0 Å². The lowest BCUT2D eigenvalue weighted by Gasteiger charge is -1.94. The molecule has 0 saturated heterocycles. The summed E-state index contributed by atoms with van der Waals surface area (Å²) in [6, 6.07) is 7.65. The molecule has 0 fully saturated rings. The van der Waals surface area contributed by atoms with Crippen LogP contribution in [-0.2, 0) is 6.32 Å². The molecule has 1 rings (SSSR count). The van der Waals surface area contributed by atoms with Gasteiger partial charge in [0.25, 0.3) is 0 Å². The van der Waals surface area contributed by atoms with Gasteiger partial charge in [0.05, 0.1) is 0 Å². The van der Waals surface area contributed by atoms with Gasteiger partial charge in [0.1, 0.15) is 14.1 Å². The third-order valence-electron chi connectivity index (χ3n) is 1.50. The van der Waals surface area contributed by atoms with Crippen LogP contribution < -0.4 is 0 Å². The highest BCUT2D eigenvalue weighted by atomic mass is 16.1. The van der Waals surface area contributed by atoms with Crippen LogP contribution in [0, 0.1) is 0 Å². The predicted octanol–water partition coefficient (Wildman–Crippen LogP) is 0.632. The van der Waals surface area contributed by atoms with Crippen LogP contribution in [0.4, 0.5) is 0 Å². The van der Waals surface area contributed by atoms with Crippen molar-refractivity contribution in [2.45, 2.75) is 6.32 Å². The van der Waals surface area contributed by atoms with Gasteiger partial charge >= 0.3 is 0 Å². The van der Waals surface area contributed by atoms with Gasteiger partial charge in [-0.25, -0.2) is 0 Å². The van der Waals surface area contributed by atoms with Crippen LogP contribution in [0.5, 0.6) is 0 Å². The van der Waals surface area contributed by atoms with Crippen LogP contribution >= 0.6 is 0 Å². The summed E-state index contributed by atoms with van der Waals surface area (Å²) >= 11 is 0. The molecule has 0 aliphatic rings. The third-order valence-corrected chi connectivity index (χ3v) is 1.50. The maximum atomic E-state index is 10.3. The summed E-state index contributed by atoms with van der Waals surface area (Å²) in [7, 11) is 2.07. The first-order chi connectivity index (χ1) is 4.86. The normalized spacial score (nSPS) is 9.20. The van der Waals surface area contributed by atoms with Crippen molar-refractivity contribution in [2.75, 3.05) is 0 Å². The number of hydrogen-bond donors (Lipinski definition) is 0. The summed E-state index contributed by atoms with van der Waals surface area (Å²) < 4.78 is 0. The van der Waals surface area contributed by atoms with E-state index in [1.807, 2.05) is 24.3 Å². The topological polar surface area (TPSA) is 17.1 Å². The van der Waals surface area contributed by atoms with Crippen molar-refractivity contribution in [3.63, 3.8) is 0 Å². The van der Waals surface area contributed by atoms with E-state index in [0.29, 0.717) is 0 Å². The largest absolute Gasteiger partial charge is 0.298 e. The third kappa shape index (κ3) is 1.47. The van der Waals surface area contributed by atoms with Gasteiger partial charge in [0.15, 0.2) is 0 Å². The molecule has 50 valence electrons. The highest BCUT2D eigenvalue weighted by Crippen LogP contribution is 2.01. The molecule has 2 heteroatoms. The van der Waals surface area contributed by atoms with Crippen LogP contribution in [0.25, 0.3) is 0 Å². The van der Waals surface area contributed by atoms with E-state index in [1.165, 1.54) is 5.56 Å². The Morgan fingerprint density at radius 1 is 1.50 bits per heavy atom. The highest BCUT2D eigenvalue weighted by molar-refractivity contribution is 6.08. The van der Waals surface area contributed by atoms with Crippen LogP contribution in [0.15, 0.2) is 24.3 Å². The quantitative estimate of drug-likeness (QED) is 0.426. The predicted molar refractivity (Wildman–Crippen MR) is 44.1 cm³/mol. The second kappa shape index (κ2) is 3.21. The Kier molecular flexibility index (Phi) is 2.27. The van der Waals surface area contributed by atoms with Crippen LogP contribution in [0.1, 0.15) is 15.9 Å². The number of carbonyl (C=O) groups is 1. The zero-order chi connectivity index (χ0) is 7.40. The molecule has 0 heterocycles. The van der Waals surface area contributed by atoms with Gasteiger partial charge in [0, 0.05) is 5.56 Å². The van der Waals surface area contributed by atoms with Crippen LogP contribution in [0.3, 0.4) is 0 Å². The minimum Gasteiger partial charge on any atom is -0.298 e. The van der Waals surface area contributed by atoms with Crippen molar-refractivity contribution in [3.05, 3.63) is 35.4 Å². The summed E-state index contributed by atoms with van der Waals surface area (Å²) in [5.41, 5.74) is 1.98. The standard InChI is InChI=1S/C8H9BO/c9-5-7-2-1-3-8(4-7)6-10/h1-4,6H,5,9H2. The molecule has 1 aromatic carbocycles. The molecule has 0 spiro atoms. The molecule has 0 amide bonds. The average Bonchev–Trinajstić information content (AvgIpc) is 2.05. The molecular formula is C8H9BO. The van der Waals surface area contributed by atoms with Gasteiger partial charge in [0.2, 0.25) is 0 Å². The Hall–Kier alpha value is -1.05. The lowest BCUT2D eigenvalue weighted by atomic mass is 9.96. The van der Waals surface area contributed by atoms with Gasteiger partial charge in [-0.05, 0) is 6.07 Å². The lowest BCUT2D eigenvalue weighted by molar-refractivity contribution is 0.112. The number of hydrogen-bond acceptors (Lipinski definition) is 1. The first kappa shape index (κ1) is 7.07. The Morgan fingerprint density at radius 3 is 2.90 bits per heavy atom. The van der Waals surface area contributed by atoms with E-state index in [9.17, 15) is 4.79 Å². The van der Waals surface area contributed by atoms with E-state index in [-0.39, 0.29) is 0 Å². The van der Waals surface area contributed by atoms with Crippen molar-refractivity contribution >= 4 is 14.1 Å². The summed E-state index contributed by atoms with van der Waals surface area (Å²) in [5, 5.41) is 0. The Bertz CT molecular complexity index is 232. The number of benzene rings is 1. The van der Waals surface area contributed by atoms with E-state index < -0.39 is 0 Å².